The van der Waals surface area contributed by atoms with Crippen molar-refractivity contribution in [2.75, 3.05) is 6.54 Å². The lowest BCUT2D eigenvalue weighted by molar-refractivity contribution is -0.123. The summed E-state index contributed by atoms with van der Waals surface area (Å²) >= 11 is 3.01. The molecule has 0 radical (unpaired) electrons. The van der Waals surface area contributed by atoms with Gasteiger partial charge in [0.2, 0.25) is 0 Å². The number of aromatic nitrogens is 1. The van der Waals surface area contributed by atoms with Gasteiger partial charge < -0.3 is 5.32 Å². The molecule has 82 valence electrons. The maximum Gasteiger partial charge on any atom is 0.405 e. The van der Waals surface area contributed by atoms with Gasteiger partial charge in [0, 0.05) is 16.9 Å². The van der Waals surface area contributed by atoms with Crippen LogP contribution in [0.4, 0.5) is 13.2 Å². The minimum atomic E-state index is -4.41. The lowest BCUT2D eigenvalue weighted by Gasteiger charge is -2.08. The molecule has 0 unspecified atom stereocenters. The van der Waals surface area contributed by atoms with Gasteiger partial charge in [-0.3, -0.25) is 9.78 Å². The normalized spacial score (nSPS) is 11.2. The number of amides is 1. The summed E-state index contributed by atoms with van der Waals surface area (Å²) in [7, 11) is 0. The molecule has 15 heavy (non-hydrogen) atoms. The van der Waals surface area contributed by atoms with E-state index < -0.39 is 18.6 Å². The second-order valence-electron chi connectivity index (χ2n) is 2.65. The van der Waals surface area contributed by atoms with E-state index in [2.05, 4.69) is 20.9 Å². The van der Waals surface area contributed by atoms with Crippen molar-refractivity contribution >= 4 is 21.8 Å². The van der Waals surface area contributed by atoms with Gasteiger partial charge in [-0.15, -0.1) is 0 Å². The van der Waals surface area contributed by atoms with Gasteiger partial charge in [-0.05, 0) is 22.0 Å². The molecule has 0 spiro atoms. The molecule has 0 bridgehead atoms. The Bertz CT molecular complexity index is 367. The Kier molecular flexibility index (Phi) is 3.67. The molecule has 0 fully saturated rings. The molecular weight excluding hydrogens is 277 g/mol. The average molecular weight is 283 g/mol. The van der Waals surface area contributed by atoms with Gasteiger partial charge >= 0.3 is 6.18 Å². The minimum absolute atomic E-state index is 0.120. The Labute approximate surface area is 91.8 Å². The Morgan fingerprint density at radius 2 is 2.20 bits per heavy atom. The summed E-state index contributed by atoms with van der Waals surface area (Å²) < 4.78 is 35.7. The first-order chi connectivity index (χ1) is 6.90. The molecule has 1 aromatic heterocycles. The second-order valence-corrected chi connectivity index (χ2v) is 3.51. The number of nitrogens with one attached hydrogen (secondary N) is 1. The van der Waals surface area contributed by atoms with Crippen LogP contribution in [-0.2, 0) is 0 Å². The van der Waals surface area contributed by atoms with Crippen molar-refractivity contribution in [3.05, 3.63) is 28.5 Å². The highest BCUT2D eigenvalue weighted by Crippen LogP contribution is 2.16. The third kappa shape index (κ3) is 3.86. The summed E-state index contributed by atoms with van der Waals surface area (Å²) in [5, 5.41) is 1.76. The van der Waals surface area contributed by atoms with Crippen LogP contribution in [0.3, 0.4) is 0 Å². The third-order valence-electron chi connectivity index (χ3n) is 1.47. The van der Waals surface area contributed by atoms with Crippen molar-refractivity contribution in [2.45, 2.75) is 6.18 Å². The topological polar surface area (TPSA) is 42.0 Å². The molecule has 0 saturated carbocycles. The Morgan fingerprint density at radius 1 is 1.53 bits per heavy atom. The number of hydrogen-bond acceptors (Lipinski definition) is 2. The summed E-state index contributed by atoms with van der Waals surface area (Å²) in [4.78, 5) is 14.9. The molecule has 0 atom stereocenters. The van der Waals surface area contributed by atoms with E-state index in [1.54, 1.807) is 5.32 Å². The molecule has 7 heteroatoms. The Hall–Kier alpha value is -1.11. The Morgan fingerprint density at radius 3 is 2.73 bits per heavy atom. The van der Waals surface area contributed by atoms with E-state index >= 15 is 0 Å². The predicted octanol–water partition coefficient (Wildman–Crippen LogP) is 2.14. The molecule has 0 aromatic carbocycles. The van der Waals surface area contributed by atoms with Gasteiger partial charge in [0.15, 0.2) is 0 Å². The van der Waals surface area contributed by atoms with Gasteiger partial charge in [0.1, 0.15) is 6.54 Å². The largest absolute Gasteiger partial charge is 0.405 e. The number of rotatable bonds is 2. The predicted molar refractivity (Wildman–Crippen MR) is 50.3 cm³/mol. The summed E-state index contributed by atoms with van der Waals surface area (Å²) in [6.45, 7) is -1.35. The van der Waals surface area contributed by atoms with E-state index in [1.165, 1.54) is 18.5 Å². The minimum Gasteiger partial charge on any atom is -0.343 e. The highest BCUT2D eigenvalue weighted by atomic mass is 79.9. The molecule has 0 aliphatic heterocycles. The van der Waals surface area contributed by atoms with E-state index in [0.717, 1.165) is 0 Å². The number of halogens is 4. The zero-order valence-corrected chi connectivity index (χ0v) is 8.89. The first-order valence-corrected chi connectivity index (χ1v) is 4.64. The number of nitrogens with zero attached hydrogens (tertiary/aromatic N) is 1. The standard InChI is InChI=1S/C8H6BrF3N2O/c9-6-3-13-2-1-5(6)7(15)14-4-8(10,11)12/h1-3H,4H2,(H,14,15). The van der Waals surface area contributed by atoms with E-state index in [9.17, 15) is 18.0 Å². The van der Waals surface area contributed by atoms with Crippen LogP contribution in [-0.4, -0.2) is 23.6 Å². The smallest absolute Gasteiger partial charge is 0.343 e. The van der Waals surface area contributed by atoms with E-state index in [-0.39, 0.29) is 5.56 Å². The first-order valence-electron chi connectivity index (χ1n) is 3.84. The van der Waals surface area contributed by atoms with Crippen molar-refractivity contribution in [1.82, 2.24) is 10.3 Å². The van der Waals surface area contributed by atoms with Gasteiger partial charge in [0.25, 0.3) is 5.91 Å². The first kappa shape index (κ1) is 12.0. The molecule has 1 N–H and O–H groups in total. The molecule has 0 aliphatic carbocycles. The SMILES string of the molecule is O=C(NCC(F)(F)F)c1ccncc1Br. The molecule has 0 saturated heterocycles. The van der Waals surface area contributed by atoms with Crippen molar-refractivity contribution < 1.29 is 18.0 Å². The van der Waals surface area contributed by atoms with Gasteiger partial charge in [-0.1, -0.05) is 0 Å². The lowest BCUT2D eigenvalue weighted by atomic mass is 10.2. The van der Waals surface area contributed by atoms with E-state index in [1.807, 2.05) is 0 Å². The highest BCUT2D eigenvalue weighted by molar-refractivity contribution is 9.10. The molecular formula is C8H6BrF3N2O. The summed E-state index contributed by atoms with van der Waals surface area (Å²) in [5.74, 6) is -0.790. The van der Waals surface area contributed by atoms with Crippen molar-refractivity contribution in [2.24, 2.45) is 0 Å². The van der Waals surface area contributed by atoms with Crippen LogP contribution >= 0.6 is 15.9 Å². The van der Waals surface area contributed by atoms with Gasteiger partial charge in [-0.25, -0.2) is 0 Å². The van der Waals surface area contributed by atoms with Crippen LogP contribution in [0, 0.1) is 0 Å². The van der Waals surface area contributed by atoms with E-state index in [0.29, 0.717) is 4.47 Å². The van der Waals surface area contributed by atoms with Crippen LogP contribution in [0.15, 0.2) is 22.9 Å². The number of alkyl halides is 3. The number of carbonyl (C=O) groups excluding carboxylic acids is 1. The maximum absolute atomic E-state index is 11.8. The quantitative estimate of drug-likeness (QED) is 0.903. The molecule has 1 rings (SSSR count). The summed E-state index contributed by atoms with van der Waals surface area (Å²) in [5.41, 5.74) is 0.120. The molecule has 3 nitrogen and oxygen atoms in total. The lowest BCUT2D eigenvalue weighted by Crippen LogP contribution is -2.33. The number of pyridine rings is 1. The van der Waals surface area contributed by atoms with Crippen LogP contribution < -0.4 is 5.32 Å². The van der Waals surface area contributed by atoms with Crippen molar-refractivity contribution in [1.29, 1.82) is 0 Å². The van der Waals surface area contributed by atoms with Crippen molar-refractivity contribution in [3.63, 3.8) is 0 Å². The summed E-state index contributed by atoms with van der Waals surface area (Å²) in [6, 6.07) is 1.33. The van der Waals surface area contributed by atoms with Crippen LogP contribution in [0.5, 0.6) is 0 Å². The Balaban J connectivity index is 2.66. The van der Waals surface area contributed by atoms with Gasteiger partial charge in [-0.2, -0.15) is 13.2 Å². The fourth-order valence-corrected chi connectivity index (χ4v) is 1.27. The van der Waals surface area contributed by atoms with Crippen LogP contribution in [0.2, 0.25) is 0 Å². The van der Waals surface area contributed by atoms with Crippen LogP contribution in [0.1, 0.15) is 10.4 Å². The summed E-state index contributed by atoms with van der Waals surface area (Å²) in [6.07, 6.45) is -1.75. The maximum atomic E-state index is 11.8. The molecule has 1 aromatic rings. The zero-order valence-electron chi connectivity index (χ0n) is 7.31. The molecule has 1 heterocycles. The monoisotopic (exact) mass is 282 g/mol. The number of hydrogen-bond donors (Lipinski definition) is 1. The number of carbonyl (C=O) groups is 1. The van der Waals surface area contributed by atoms with Crippen LogP contribution in [0.25, 0.3) is 0 Å². The third-order valence-corrected chi connectivity index (χ3v) is 2.10. The average Bonchev–Trinajstić information content (AvgIpc) is 2.14. The second kappa shape index (κ2) is 4.61. The van der Waals surface area contributed by atoms with Gasteiger partial charge in [0.05, 0.1) is 5.56 Å². The fraction of sp³-hybridized carbons (Fsp3) is 0.250. The fourth-order valence-electron chi connectivity index (χ4n) is 0.835. The van der Waals surface area contributed by atoms with E-state index in [4.69, 9.17) is 0 Å². The molecule has 0 aliphatic rings. The van der Waals surface area contributed by atoms with Crippen molar-refractivity contribution in [3.8, 4) is 0 Å². The zero-order chi connectivity index (χ0) is 11.5. The molecule has 1 amide bonds. The highest BCUT2D eigenvalue weighted by Gasteiger charge is 2.28.